The van der Waals surface area contributed by atoms with Gasteiger partial charge in [-0.3, -0.25) is 9.63 Å². The van der Waals surface area contributed by atoms with E-state index in [1.54, 1.807) is 5.06 Å². The van der Waals surface area contributed by atoms with Crippen molar-refractivity contribution in [3.05, 3.63) is 0 Å². The summed E-state index contributed by atoms with van der Waals surface area (Å²) in [5.74, 6) is -1.50. The second-order valence-corrected chi connectivity index (χ2v) is 4.30. The van der Waals surface area contributed by atoms with E-state index in [4.69, 9.17) is 9.57 Å². The minimum Gasteiger partial charge on any atom is -0.469 e. The van der Waals surface area contributed by atoms with E-state index in [0.717, 1.165) is 25.8 Å². The zero-order valence-electron chi connectivity index (χ0n) is 10.0. The van der Waals surface area contributed by atoms with Gasteiger partial charge in [0.15, 0.2) is 6.10 Å². The average Bonchev–Trinajstić information content (AvgIpc) is 2.76. The fraction of sp³-hybridized carbons (Fsp3) is 0.818. The summed E-state index contributed by atoms with van der Waals surface area (Å²) in [7, 11) is 2.61. The lowest BCUT2D eigenvalue weighted by molar-refractivity contribution is -0.192. The molecule has 2 fully saturated rings. The van der Waals surface area contributed by atoms with Gasteiger partial charge in [0.2, 0.25) is 0 Å². The average molecular weight is 243 g/mol. The largest absolute Gasteiger partial charge is 0.469 e. The number of hydrogen-bond donors (Lipinski definition) is 0. The first-order valence-electron chi connectivity index (χ1n) is 5.78. The van der Waals surface area contributed by atoms with Crippen LogP contribution in [0.15, 0.2) is 0 Å². The Bertz CT molecular complexity index is 319. The smallest absolute Gasteiger partial charge is 0.338 e. The number of piperidine rings is 1. The van der Waals surface area contributed by atoms with Crippen LogP contribution in [-0.4, -0.2) is 49.9 Å². The number of rotatable bonds is 2. The van der Waals surface area contributed by atoms with Crippen LogP contribution in [0.2, 0.25) is 0 Å². The molecule has 0 aromatic rings. The molecule has 0 aliphatic carbocycles. The molecule has 2 saturated heterocycles. The molecule has 2 aliphatic rings. The highest BCUT2D eigenvalue weighted by atomic mass is 16.7. The summed E-state index contributed by atoms with van der Waals surface area (Å²) in [6.45, 7) is 0.742. The van der Waals surface area contributed by atoms with Crippen LogP contribution in [0.4, 0.5) is 0 Å². The van der Waals surface area contributed by atoms with Gasteiger partial charge in [0.1, 0.15) is 5.92 Å². The van der Waals surface area contributed by atoms with Gasteiger partial charge < -0.3 is 9.47 Å². The molecule has 3 unspecified atom stereocenters. The van der Waals surface area contributed by atoms with E-state index in [0.29, 0.717) is 0 Å². The molecule has 2 heterocycles. The number of hydrogen-bond acceptors (Lipinski definition) is 6. The van der Waals surface area contributed by atoms with Crippen molar-refractivity contribution in [2.75, 3.05) is 20.8 Å². The highest BCUT2D eigenvalue weighted by molar-refractivity contribution is 5.84. The Kier molecular flexibility index (Phi) is 3.63. The first kappa shape index (κ1) is 12.3. The second-order valence-electron chi connectivity index (χ2n) is 4.30. The second kappa shape index (κ2) is 5.01. The van der Waals surface area contributed by atoms with E-state index in [9.17, 15) is 9.59 Å². The third kappa shape index (κ3) is 2.14. The molecular formula is C11H17NO5. The number of methoxy groups -OCH3 is 2. The van der Waals surface area contributed by atoms with Crippen molar-refractivity contribution in [2.24, 2.45) is 5.92 Å². The van der Waals surface area contributed by atoms with Crippen molar-refractivity contribution in [3.63, 3.8) is 0 Å². The van der Waals surface area contributed by atoms with Crippen LogP contribution < -0.4 is 0 Å². The Hall–Kier alpha value is -1.14. The highest BCUT2D eigenvalue weighted by Gasteiger charge is 2.52. The number of ether oxygens (including phenoxy) is 2. The number of hydroxylamine groups is 2. The Morgan fingerprint density at radius 1 is 1.18 bits per heavy atom. The van der Waals surface area contributed by atoms with Crippen molar-refractivity contribution in [3.8, 4) is 0 Å². The minimum absolute atomic E-state index is 0.0692. The van der Waals surface area contributed by atoms with Gasteiger partial charge in [0.25, 0.3) is 0 Å². The molecule has 6 nitrogen and oxygen atoms in total. The molecule has 0 amide bonds. The predicted molar refractivity (Wildman–Crippen MR) is 56.7 cm³/mol. The first-order chi connectivity index (χ1) is 8.19. The highest BCUT2D eigenvalue weighted by Crippen LogP contribution is 2.35. The number of esters is 2. The van der Waals surface area contributed by atoms with Crippen molar-refractivity contribution in [1.82, 2.24) is 5.06 Å². The lowest BCUT2D eigenvalue weighted by Crippen LogP contribution is -2.41. The Morgan fingerprint density at radius 3 is 2.53 bits per heavy atom. The number of nitrogens with zero attached hydrogens (tertiary/aromatic N) is 1. The summed E-state index contributed by atoms with van der Waals surface area (Å²) in [4.78, 5) is 28.9. The molecule has 0 saturated carbocycles. The van der Waals surface area contributed by atoms with E-state index < -0.39 is 24.0 Å². The first-order valence-corrected chi connectivity index (χ1v) is 5.78. The lowest BCUT2D eigenvalue weighted by Gasteiger charge is -2.28. The predicted octanol–water partition coefficient (Wildman–Crippen LogP) is 0.117. The van der Waals surface area contributed by atoms with E-state index in [1.165, 1.54) is 14.2 Å². The number of carbonyl (C=O) groups is 2. The fourth-order valence-corrected chi connectivity index (χ4v) is 2.56. The van der Waals surface area contributed by atoms with Crippen LogP contribution in [0.3, 0.4) is 0 Å². The van der Waals surface area contributed by atoms with Gasteiger partial charge in [-0.1, -0.05) is 6.42 Å². The summed E-state index contributed by atoms with van der Waals surface area (Å²) < 4.78 is 9.42. The summed E-state index contributed by atoms with van der Waals surface area (Å²) in [6.07, 6.45) is 2.02. The van der Waals surface area contributed by atoms with Crippen LogP contribution in [0.5, 0.6) is 0 Å². The van der Waals surface area contributed by atoms with Crippen LogP contribution in [0, 0.1) is 5.92 Å². The van der Waals surface area contributed by atoms with Gasteiger partial charge >= 0.3 is 11.9 Å². The van der Waals surface area contributed by atoms with Crippen LogP contribution >= 0.6 is 0 Å². The van der Waals surface area contributed by atoms with Gasteiger partial charge in [-0.05, 0) is 12.8 Å². The van der Waals surface area contributed by atoms with Crippen molar-refractivity contribution in [2.45, 2.75) is 31.4 Å². The minimum atomic E-state index is -0.865. The van der Waals surface area contributed by atoms with Gasteiger partial charge in [0, 0.05) is 6.54 Å². The quantitative estimate of drug-likeness (QED) is 0.642. The van der Waals surface area contributed by atoms with Crippen molar-refractivity contribution >= 4 is 11.9 Å². The molecule has 6 heteroatoms. The van der Waals surface area contributed by atoms with E-state index in [1.807, 2.05) is 0 Å². The molecule has 3 atom stereocenters. The van der Waals surface area contributed by atoms with E-state index in [2.05, 4.69) is 4.74 Å². The molecular weight excluding hydrogens is 226 g/mol. The Balaban J connectivity index is 2.20. The van der Waals surface area contributed by atoms with E-state index >= 15 is 0 Å². The van der Waals surface area contributed by atoms with Crippen LogP contribution in [-0.2, 0) is 23.9 Å². The van der Waals surface area contributed by atoms with Gasteiger partial charge in [0.05, 0.1) is 20.3 Å². The summed E-state index contributed by atoms with van der Waals surface area (Å²) in [5, 5.41) is 1.73. The lowest BCUT2D eigenvalue weighted by atomic mass is 9.89. The molecule has 0 N–H and O–H groups in total. The summed E-state index contributed by atoms with van der Waals surface area (Å²) >= 11 is 0. The van der Waals surface area contributed by atoms with Gasteiger partial charge in [-0.2, -0.15) is 5.06 Å². The third-order valence-corrected chi connectivity index (χ3v) is 3.39. The van der Waals surface area contributed by atoms with Crippen LogP contribution in [0.1, 0.15) is 19.3 Å². The topological polar surface area (TPSA) is 65.1 Å². The number of carbonyl (C=O) groups excluding carboxylic acids is 2. The molecule has 0 radical (unpaired) electrons. The van der Waals surface area contributed by atoms with Crippen LogP contribution in [0.25, 0.3) is 0 Å². The van der Waals surface area contributed by atoms with Crippen molar-refractivity contribution in [1.29, 1.82) is 0 Å². The maximum Gasteiger partial charge on any atom is 0.338 e. The zero-order valence-corrected chi connectivity index (χ0v) is 10.0. The Morgan fingerprint density at radius 2 is 1.88 bits per heavy atom. The summed E-state index contributed by atoms with van der Waals surface area (Å²) in [6, 6.07) is -0.0692. The molecule has 2 aliphatic heterocycles. The Labute approximate surface area is 99.8 Å². The fourth-order valence-electron chi connectivity index (χ4n) is 2.56. The normalized spacial score (nSPS) is 32.9. The van der Waals surface area contributed by atoms with Gasteiger partial charge in [-0.25, -0.2) is 4.79 Å². The van der Waals surface area contributed by atoms with Crippen molar-refractivity contribution < 1.29 is 23.9 Å². The third-order valence-electron chi connectivity index (χ3n) is 3.39. The van der Waals surface area contributed by atoms with E-state index in [-0.39, 0.29) is 6.04 Å². The molecule has 17 heavy (non-hydrogen) atoms. The molecule has 0 aromatic heterocycles. The number of fused-ring (bicyclic) bond motifs is 1. The monoisotopic (exact) mass is 243 g/mol. The SMILES string of the molecule is COC(=O)C1ON2CCCCC2C1C(=O)OC. The zero-order chi connectivity index (χ0) is 12.4. The van der Waals surface area contributed by atoms with Gasteiger partial charge in [-0.15, -0.1) is 0 Å². The summed E-state index contributed by atoms with van der Waals surface area (Å²) in [5.41, 5.74) is 0. The molecule has 2 rings (SSSR count). The molecule has 0 spiro atoms. The molecule has 0 bridgehead atoms. The molecule has 96 valence electrons. The molecule has 0 aromatic carbocycles. The standard InChI is InChI=1S/C11H17NO5/c1-15-10(13)8-7-5-3-4-6-12(7)17-9(8)11(14)16-2/h7-9H,3-6H2,1-2H3. The maximum absolute atomic E-state index is 11.8. The maximum atomic E-state index is 11.8.